The summed E-state index contributed by atoms with van der Waals surface area (Å²) in [6.45, 7) is 2.49. The number of anilines is 1. The van der Waals surface area contributed by atoms with Crippen molar-refractivity contribution < 1.29 is 8.42 Å². The summed E-state index contributed by atoms with van der Waals surface area (Å²) in [6, 6.07) is 8.75. The zero-order valence-electron chi connectivity index (χ0n) is 11.1. The van der Waals surface area contributed by atoms with Crippen molar-refractivity contribution in [1.82, 2.24) is 5.32 Å². The summed E-state index contributed by atoms with van der Waals surface area (Å²) in [4.78, 5) is 2.14. The molecule has 0 saturated carbocycles. The highest BCUT2D eigenvalue weighted by atomic mass is 79.9. The summed E-state index contributed by atoms with van der Waals surface area (Å²) in [7, 11) is -1.70. The van der Waals surface area contributed by atoms with E-state index in [2.05, 4.69) is 26.0 Å². The van der Waals surface area contributed by atoms with Crippen molar-refractivity contribution >= 4 is 43.0 Å². The van der Waals surface area contributed by atoms with Crippen LogP contribution in [0.2, 0.25) is 0 Å². The van der Waals surface area contributed by atoms with E-state index in [9.17, 15) is 8.42 Å². The van der Waals surface area contributed by atoms with Gasteiger partial charge in [-0.05, 0) is 44.3 Å². The van der Waals surface area contributed by atoms with Crippen LogP contribution in [-0.4, -0.2) is 15.5 Å². The molecular weight excluding hydrogens is 360 g/mol. The van der Waals surface area contributed by atoms with Gasteiger partial charge in [0.2, 0.25) is 0 Å². The third kappa shape index (κ3) is 3.60. The second-order valence-corrected chi connectivity index (χ2v) is 8.18. The first-order valence-corrected chi connectivity index (χ1v) is 9.04. The molecule has 0 aliphatic heterocycles. The van der Waals surface area contributed by atoms with Gasteiger partial charge in [-0.15, -0.1) is 11.3 Å². The molecule has 0 bridgehead atoms. The minimum atomic E-state index is -3.54. The molecule has 0 aliphatic rings. The Bertz CT molecular complexity index is 694. The quantitative estimate of drug-likeness (QED) is 0.843. The fourth-order valence-electron chi connectivity index (χ4n) is 1.78. The van der Waals surface area contributed by atoms with Crippen LogP contribution in [0.4, 0.5) is 5.69 Å². The molecule has 2 N–H and O–H groups in total. The van der Waals surface area contributed by atoms with Gasteiger partial charge in [0, 0.05) is 26.5 Å². The van der Waals surface area contributed by atoms with Crippen molar-refractivity contribution in [3.05, 3.63) is 44.6 Å². The molecule has 2 rings (SSSR count). The topological polar surface area (TPSA) is 58.2 Å². The second kappa shape index (κ2) is 6.26. The third-order valence-corrected chi connectivity index (χ3v) is 5.88. The Balaban J connectivity index is 2.28. The van der Waals surface area contributed by atoms with Crippen LogP contribution in [0, 0.1) is 6.92 Å². The average Bonchev–Trinajstić information content (AvgIpc) is 2.74. The third-order valence-electron chi connectivity index (χ3n) is 2.66. The maximum absolute atomic E-state index is 12.4. The highest BCUT2D eigenvalue weighted by molar-refractivity contribution is 9.10. The molecule has 4 nitrogen and oxygen atoms in total. The molecule has 0 radical (unpaired) electrons. The lowest BCUT2D eigenvalue weighted by Gasteiger charge is -2.07. The zero-order chi connectivity index (χ0) is 14.8. The van der Waals surface area contributed by atoms with Crippen LogP contribution >= 0.6 is 27.3 Å². The average molecular weight is 375 g/mol. The number of benzene rings is 1. The van der Waals surface area contributed by atoms with Gasteiger partial charge in [0.15, 0.2) is 0 Å². The van der Waals surface area contributed by atoms with Crippen molar-refractivity contribution in [3.63, 3.8) is 0 Å². The number of hydrogen-bond acceptors (Lipinski definition) is 4. The van der Waals surface area contributed by atoms with Crippen molar-refractivity contribution in [1.29, 1.82) is 0 Å². The minimum Gasteiger partial charge on any atom is -0.315 e. The van der Waals surface area contributed by atoms with E-state index in [-0.39, 0.29) is 0 Å². The molecule has 0 amide bonds. The standard InChI is InChI=1S/C13H15BrN2O2S2/c1-9-13(7-12(19-9)8-15-2)20(17,18)16-11-5-3-10(14)4-6-11/h3-7,15-16H,8H2,1-2H3. The molecular formula is C13H15BrN2O2S2. The number of hydrogen-bond donors (Lipinski definition) is 2. The Morgan fingerprint density at radius 3 is 2.50 bits per heavy atom. The normalized spacial score (nSPS) is 11.6. The van der Waals surface area contributed by atoms with Gasteiger partial charge in [0.25, 0.3) is 10.0 Å². The predicted molar refractivity (Wildman–Crippen MR) is 86.8 cm³/mol. The van der Waals surface area contributed by atoms with Gasteiger partial charge >= 0.3 is 0 Å². The van der Waals surface area contributed by atoms with Crippen LogP contribution in [0.1, 0.15) is 9.75 Å². The first-order chi connectivity index (χ1) is 9.42. The largest absolute Gasteiger partial charge is 0.315 e. The minimum absolute atomic E-state index is 0.343. The van der Waals surface area contributed by atoms with Crippen LogP contribution < -0.4 is 10.0 Å². The van der Waals surface area contributed by atoms with Crippen LogP contribution in [-0.2, 0) is 16.6 Å². The molecule has 1 aromatic carbocycles. The van der Waals surface area contributed by atoms with Crippen molar-refractivity contribution in [3.8, 4) is 0 Å². The van der Waals surface area contributed by atoms with Gasteiger partial charge < -0.3 is 5.32 Å². The lowest BCUT2D eigenvalue weighted by molar-refractivity contribution is 0.601. The molecule has 108 valence electrons. The van der Waals surface area contributed by atoms with Gasteiger partial charge in [-0.3, -0.25) is 4.72 Å². The Hall–Kier alpha value is -0.890. The van der Waals surface area contributed by atoms with Crippen LogP contribution in [0.5, 0.6) is 0 Å². The molecule has 0 aliphatic carbocycles. The van der Waals surface area contributed by atoms with Crippen molar-refractivity contribution in [2.24, 2.45) is 0 Å². The fourth-order valence-corrected chi connectivity index (χ4v) is 4.75. The number of aryl methyl sites for hydroxylation is 1. The lowest BCUT2D eigenvalue weighted by Crippen LogP contribution is -2.13. The van der Waals surface area contributed by atoms with E-state index in [4.69, 9.17) is 0 Å². The van der Waals surface area contributed by atoms with Gasteiger partial charge in [0.05, 0.1) is 0 Å². The first kappa shape index (κ1) is 15.5. The lowest BCUT2D eigenvalue weighted by atomic mass is 10.3. The Kier molecular flexibility index (Phi) is 4.85. The summed E-state index contributed by atoms with van der Waals surface area (Å²) >= 11 is 4.81. The summed E-state index contributed by atoms with van der Waals surface area (Å²) in [5.74, 6) is 0. The molecule has 0 saturated heterocycles. The van der Waals surface area contributed by atoms with Gasteiger partial charge in [-0.2, -0.15) is 0 Å². The summed E-state index contributed by atoms with van der Waals surface area (Å²) in [5, 5.41) is 3.02. The zero-order valence-corrected chi connectivity index (χ0v) is 14.3. The maximum Gasteiger partial charge on any atom is 0.263 e. The van der Waals surface area contributed by atoms with E-state index in [1.165, 1.54) is 11.3 Å². The van der Waals surface area contributed by atoms with E-state index < -0.39 is 10.0 Å². The molecule has 7 heteroatoms. The Morgan fingerprint density at radius 2 is 1.90 bits per heavy atom. The van der Waals surface area contributed by atoms with E-state index in [1.54, 1.807) is 30.3 Å². The summed E-state index contributed by atoms with van der Waals surface area (Å²) in [6.07, 6.45) is 0. The molecule has 2 aromatic rings. The van der Waals surface area contributed by atoms with Crippen LogP contribution in [0.3, 0.4) is 0 Å². The van der Waals surface area contributed by atoms with E-state index >= 15 is 0 Å². The van der Waals surface area contributed by atoms with Crippen LogP contribution in [0.15, 0.2) is 39.7 Å². The number of halogens is 1. The monoisotopic (exact) mass is 374 g/mol. The second-order valence-electron chi connectivity index (χ2n) is 4.28. The van der Waals surface area contributed by atoms with E-state index in [1.807, 2.05) is 14.0 Å². The van der Waals surface area contributed by atoms with Crippen LogP contribution in [0.25, 0.3) is 0 Å². The maximum atomic E-state index is 12.4. The summed E-state index contributed by atoms with van der Waals surface area (Å²) < 4.78 is 28.3. The number of thiophene rings is 1. The van der Waals surface area contributed by atoms with E-state index in [0.29, 0.717) is 17.1 Å². The smallest absolute Gasteiger partial charge is 0.263 e. The van der Waals surface area contributed by atoms with Gasteiger partial charge in [-0.1, -0.05) is 15.9 Å². The Morgan fingerprint density at radius 1 is 1.25 bits per heavy atom. The molecule has 1 aromatic heterocycles. The number of sulfonamides is 1. The highest BCUT2D eigenvalue weighted by Crippen LogP contribution is 2.27. The molecule has 0 unspecified atom stereocenters. The van der Waals surface area contributed by atoms with Crippen molar-refractivity contribution in [2.75, 3.05) is 11.8 Å². The van der Waals surface area contributed by atoms with Gasteiger partial charge in [0.1, 0.15) is 4.90 Å². The number of nitrogens with one attached hydrogen (secondary N) is 2. The number of rotatable bonds is 5. The summed E-state index contributed by atoms with van der Waals surface area (Å²) in [5.41, 5.74) is 0.550. The van der Waals surface area contributed by atoms with Gasteiger partial charge in [-0.25, -0.2) is 8.42 Å². The van der Waals surface area contributed by atoms with E-state index in [0.717, 1.165) is 14.2 Å². The predicted octanol–water partition coefficient (Wildman–Crippen LogP) is 3.34. The Labute approximate surface area is 131 Å². The fraction of sp³-hybridized carbons (Fsp3) is 0.231. The highest BCUT2D eigenvalue weighted by Gasteiger charge is 2.19. The molecule has 0 spiro atoms. The molecule has 1 heterocycles. The first-order valence-electron chi connectivity index (χ1n) is 5.94. The SMILES string of the molecule is CNCc1cc(S(=O)(=O)Nc2ccc(Br)cc2)c(C)s1. The molecule has 0 fully saturated rings. The molecule has 0 atom stereocenters. The molecule has 20 heavy (non-hydrogen) atoms. The van der Waals surface area contributed by atoms with Crippen molar-refractivity contribution in [2.45, 2.75) is 18.4 Å².